The number of nitrogens with zero attached hydrogens (tertiary/aromatic N) is 1. The van der Waals surface area contributed by atoms with Crippen molar-refractivity contribution in [1.82, 2.24) is 4.90 Å². The molecule has 2 aromatic heterocycles. The molecule has 1 aliphatic rings. The van der Waals surface area contributed by atoms with Crippen LogP contribution in [0.5, 0.6) is 0 Å². The zero-order valence-electron chi connectivity index (χ0n) is 16.7. The second-order valence-electron chi connectivity index (χ2n) is 6.58. The van der Waals surface area contributed by atoms with E-state index < -0.39 is 7.60 Å². The van der Waals surface area contributed by atoms with E-state index >= 15 is 0 Å². The maximum Gasteiger partial charge on any atom is 0.331 e. The summed E-state index contributed by atoms with van der Waals surface area (Å²) in [6, 6.07) is 7.96. The standard InChI is InChI=1S/C21H26NO4PS2/c1-3-25-27(24,26-4-2)10-9-22-15-17(13-19-7-5-11-28-19)21(23)18(16-22)14-20-8-6-12-29-20/h5-8,11-14H,3-4,9-10,15-16H2,1-2H3/b17-13-,18-14+. The number of likely N-dealkylation sites (tertiary alicyclic amines) is 1. The number of rotatable bonds is 9. The first-order chi connectivity index (χ1) is 14.0. The third kappa shape index (κ3) is 6.32. The molecule has 3 heterocycles. The molecule has 0 N–H and O–H groups in total. The lowest BCUT2D eigenvalue weighted by Gasteiger charge is -2.30. The molecule has 156 valence electrons. The van der Waals surface area contributed by atoms with Crippen molar-refractivity contribution in [1.29, 1.82) is 0 Å². The fourth-order valence-corrected chi connectivity index (χ4v) is 6.19. The Morgan fingerprint density at radius 1 is 1.00 bits per heavy atom. The van der Waals surface area contributed by atoms with E-state index in [1.54, 1.807) is 22.7 Å². The number of hydrogen-bond donors (Lipinski definition) is 0. The lowest BCUT2D eigenvalue weighted by molar-refractivity contribution is -0.113. The van der Waals surface area contributed by atoms with Gasteiger partial charge in [0.1, 0.15) is 0 Å². The summed E-state index contributed by atoms with van der Waals surface area (Å²) in [5, 5.41) is 4.00. The zero-order chi connectivity index (χ0) is 20.7. The van der Waals surface area contributed by atoms with Crippen molar-refractivity contribution < 1.29 is 18.4 Å². The minimum atomic E-state index is -3.12. The van der Waals surface area contributed by atoms with Crippen LogP contribution in [0, 0.1) is 0 Å². The molecule has 8 heteroatoms. The van der Waals surface area contributed by atoms with Gasteiger partial charge in [0.05, 0.1) is 19.4 Å². The Morgan fingerprint density at radius 2 is 1.52 bits per heavy atom. The van der Waals surface area contributed by atoms with Crippen LogP contribution in [0.25, 0.3) is 12.2 Å². The Hall–Kier alpha value is -1.34. The summed E-state index contributed by atoms with van der Waals surface area (Å²) >= 11 is 3.22. The summed E-state index contributed by atoms with van der Waals surface area (Å²) in [7, 11) is -3.12. The third-order valence-electron chi connectivity index (χ3n) is 4.43. The van der Waals surface area contributed by atoms with Gasteiger partial charge in [-0.3, -0.25) is 14.3 Å². The maximum atomic E-state index is 13.1. The quantitative estimate of drug-likeness (QED) is 0.376. The molecule has 0 aliphatic carbocycles. The van der Waals surface area contributed by atoms with Gasteiger partial charge in [-0.05, 0) is 48.9 Å². The van der Waals surface area contributed by atoms with Gasteiger partial charge in [0.15, 0.2) is 5.78 Å². The Balaban J connectivity index is 1.81. The largest absolute Gasteiger partial charge is 0.331 e. The maximum absolute atomic E-state index is 13.1. The molecular weight excluding hydrogens is 425 g/mol. The van der Waals surface area contributed by atoms with Crippen LogP contribution in [0.2, 0.25) is 0 Å². The van der Waals surface area contributed by atoms with Gasteiger partial charge in [0, 0.05) is 40.5 Å². The lowest BCUT2D eigenvalue weighted by atomic mass is 9.96. The van der Waals surface area contributed by atoms with Gasteiger partial charge < -0.3 is 9.05 Å². The molecule has 0 aromatic carbocycles. The first kappa shape index (κ1) is 22.3. The van der Waals surface area contributed by atoms with E-state index in [1.165, 1.54) is 0 Å². The summed E-state index contributed by atoms with van der Waals surface area (Å²) in [6.07, 6.45) is 4.24. The molecule has 1 aliphatic heterocycles. The predicted octanol–water partition coefficient (Wildman–Crippen LogP) is 5.43. The molecule has 0 atom stereocenters. The van der Waals surface area contributed by atoms with Crippen LogP contribution in [0.3, 0.4) is 0 Å². The van der Waals surface area contributed by atoms with Crippen LogP contribution in [-0.4, -0.2) is 49.7 Å². The molecule has 29 heavy (non-hydrogen) atoms. The van der Waals surface area contributed by atoms with E-state index in [2.05, 4.69) is 4.90 Å². The smallest absolute Gasteiger partial charge is 0.309 e. The van der Waals surface area contributed by atoms with E-state index in [9.17, 15) is 9.36 Å². The van der Waals surface area contributed by atoms with Crippen LogP contribution >= 0.6 is 30.3 Å². The van der Waals surface area contributed by atoms with Gasteiger partial charge in [-0.15, -0.1) is 22.7 Å². The second kappa shape index (κ2) is 10.6. The number of carbonyl (C=O) groups excluding carboxylic acids is 1. The second-order valence-corrected chi connectivity index (χ2v) is 10.7. The van der Waals surface area contributed by atoms with Crippen LogP contribution in [0.4, 0.5) is 0 Å². The predicted molar refractivity (Wildman–Crippen MR) is 122 cm³/mol. The van der Waals surface area contributed by atoms with E-state index in [1.807, 2.05) is 61.0 Å². The minimum Gasteiger partial charge on any atom is -0.309 e. The van der Waals surface area contributed by atoms with E-state index in [0.717, 1.165) is 20.9 Å². The molecule has 1 saturated heterocycles. The molecular formula is C21H26NO4PS2. The minimum absolute atomic E-state index is 0.0841. The van der Waals surface area contributed by atoms with Gasteiger partial charge in [-0.2, -0.15) is 0 Å². The van der Waals surface area contributed by atoms with Crippen LogP contribution in [0.1, 0.15) is 23.6 Å². The zero-order valence-corrected chi connectivity index (χ0v) is 19.2. The molecule has 0 saturated carbocycles. The normalized spacial score (nSPS) is 18.8. The van der Waals surface area contributed by atoms with E-state index in [0.29, 0.717) is 39.0 Å². The topological polar surface area (TPSA) is 55.8 Å². The van der Waals surface area contributed by atoms with E-state index in [-0.39, 0.29) is 5.78 Å². The number of carbonyl (C=O) groups is 1. The average Bonchev–Trinajstić information content (AvgIpc) is 3.38. The fraction of sp³-hybridized carbons (Fsp3) is 0.381. The van der Waals surface area contributed by atoms with Crippen molar-refractivity contribution in [2.75, 3.05) is 39.0 Å². The highest BCUT2D eigenvalue weighted by Crippen LogP contribution is 2.47. The summed E-state index contributed by atoms with van der Waals surface area (Å²) in [6.45, 7) is 5.91. The van der Waals surface area contributed by atoms with Crippen molar-refractivity contribution in [2.24, 2.45) is 0 Å². The van der Waals surface area contributed by atoms with Gasteiger partial charge >= 0.3 is 7.60 Å². The Bertz CT molecular complexity index is 837. The fourth-order valence-electron chi connectivity index (χ4n) is 3.18. The number of thiophene rings is 2. The average molecular weight is 452 g/mol. The monoisotopic (exact) mass is 451 g/mol. The molecule has 0 bridgehead atoms. The lowest BCUT2D eigenvalue weighted by Crippen LogP contribution is -2.39. The van der Waals surface area contributed by atoms with Gasteiger partial charge in [0.2, 0.25) is 0 Å². The molecule has 0 spiro atoms. The number of ketones is 1. The van der Waals surface area contributed by atoms with Crippen molar-refractivity contribution in [3.63, 3.8) is 0 Å². The van der Waals surface area contributed by atoms with Gasteiger partial charge in [-0.1, -0.05) is 12.1 Å². The highest BCUT2D eigenvalue weighted by Gasteiger charge is 2.30. The van der Waals surface area contributed by atoms with Crippen molar-refractivity contribution >= 4 is 48.2 Å². The summed E-state index contributed by atoms with van der Waals surface area (Å²) in [5.41, 5.74) is 1.51. The molecule has 0 unspecified atom stereocenters. The Labute approximate surface area is 180 Å². The molecule has 3 rings (SSSR count). The van der Waals surface area contributed by atoms with Crippen molar-refractivity contribution in [2.45, 2.75) is 13.8 Å². The van der Waals surface area contributed by atoms with Gasteiger partial charge in [-0.25, -0.2) is 0 Å². The highest BCUT2D eigenvalue weighted by atomic mass is 32.1. The number of Topliss-reactive ketones (excluding diaryl/α,β-unsaturated/α-hetero) is 1. The summed E-state index contributed by atoms with van der Waals surface area (Å²) in [4.78, 5) is 17.3. The van der Waals surface area contributed by atoms with Crippen LogP contribution in [-0.2, 0) is 18.4 Å². The van der Waals surface area contributed by atoms with E-state index in [4.69, 9.17) is 9.05 Å². The first-order valence-corrected chi connectivity index (χ1v) is 13.1. The molecule has 0 radical (unpaired) electrons. The molecule has 0 amide bonds. The van der Waals surface area contributed by atoms with Crippen molar-refractivity contribution in [3.05, 3.63) is 55.9 Å². The summed E-state index contributed by atoms with van der Waals surface area (Å²) < 4.78 is 23.7. The van der Waals surface area contributed by atoms with Crippen LogP contribution < -0.4 is 0 Å². The van der Waals surface area contributed by atoms with Crippen LogP contribution in [0.15, 0.2) is 46.2 Å². The molecule has 1 fully saturated rings. The number of hydrogen-bond acceptors (Lipinski definition) is 7. The highest BCUT2D eigenvalue weighted by molar-refractivity contribution is 7.53. The SMILES string of the molecule is CCOP(=O)(CCN1C/C(=C/c2cccs2)C(=O)/C(=C/c2cccs2)C1)OCC. The molecule has 2 aromatic rings. The number of piperidine rings is 1. The summed E-state index contributed by atoms with van der Waals surface area (Å²) in [5.74, 6) is 0.0841. The van der Waals surface area contributed by atoms with Gasteiger partial charge in [0.25, 0.3) is 0 Å². The first-order valence-electron chi connectivity index (χ1n) is 9.66. The Kier molecular flexibility index (Phi) is 8.18. The third-order valence-corrected chi connectivity index (χ3v) is 8.12. The Morgan fingerprint density at radius 3 is 1.93 bits per heavy atom. The van der Waals surface area contributed by atoms with Crippen molar-refractivity contribution in [3.8, 4) is 0 Å². The molecule has 5 nitrogen and oxygen atoms in total.